The molecule has 1 atom stereocenters. The van der Waals surface area contributed by atoms with E-state index in [-0.39, 0.29) is 11.1 Å². The molecule has 1 heterocycles. The molecule has 0 radical (unpaired) electrons. The molecule has 6 nitrogen and oxygen atoms in total. The third-order valence-corrected chi connectivity index (χ3v) is 5.60. The van der Waals surface area contributed by atoms with E-state index in [1.165, 1.54) is 5.56 Å². The number of benzene rings is 2. The minimum Gasteiger partial charge on any atom is -0.493 e. The highest BCUT2D eigenvalue weighted by Gasteiger charge is 2.19. The number of ether oxygens (including phenoxy) is 3. The molecule has 30 heavy (non-hydrogen) atoms. The lowest BCUT2D eigenvalue weighted by molar-refractivity contribution is -0.113. The second-order valence-electron chi connectivity index (χ2n) is 6.82. The van der Waals surface area contributed by atoms with Gasteiger partial charge in [-0.3, -0.25) is 4.79 Å². The lowest BCUT2D eigenvalue weighted by Gasteiger charge is -2.16. The fourth-order valence-corrected chi connectivity index (χ4v) is 3.69. The topological polar surface area (TPSA) is 83.1 Å². The third kappa shape index (κ3) is 5.36. The number of nitrogens with zero attached hydrogens (tertiary/aromatic N) is 1. The van der Waals surface area contributed by atoms with Crippen LogP contribution < -0.4 is 19.9 Å². The average Bonchev–Trinajstić information content (AvgIpc) is 3.08. The van der Waals surface area contributed by atoms with Gasteiger partial charge < -0.3 is 19.9 Å². The summed E-state index contributed by atoms with van der Waals surface area (Å²) in [5, 5.41) is 0.257. The summed E-state index contributed by atoms with van der Waals surface area (Å²) in [5.74, 6) is 2.19. The Morgan fingerprint density at radius 2 is 1.83 bits per heavy atom. The van der Waals surface area contributed by atoms with Crippen molar-refractivity contribution in [2.24, 2.45) is 10.7 Å². The van der Waals surface area contributed by atoms with Gasteiger partial charge in [0.25, 0.3) is 5.91 Å². The minimum atomic E-state index is -0.327. The van der Waals surface area contributed by atoms with Crippen molar-refractivity contribution in [2.75, 3.05) is 20.3 Å². The first kappa shape index (κ1) is 21.8. The van der Waals surface area contributed by atoms with E-state index in [0.717, 1.165) is 29.5 Å². The number of hydrogen-bond acceptors (Lipinski definition) is 6. The van der Waals surface area contributed by atoms with Crippen molar-refractivity contribution in [3.8, 4) is 17.2 Å². The second kappa shape index (κ2) is 10.2. The molecular formula is C23H26N2O4S. The van der Waals surface area contributed by atoms with Crippen LogP contribution in [-0.2, 0) is 4.79 Å². The van der Waals surface area contributed by atoms with Crippen LogP contribution in [0.2, 0.25) is 0 Å². The number of aliphatic imine (C=N–C) groups is 1. The number of amidine groups is 1. The zero-order valence-corrected chi connectivity index (χ0v) is 18.2. The maximum absolute atomic E-state index is 11.8. The van der Waals surface area contributed by atoms with Crippen LogP contribution in [0.3, 0.4) is 0 Å². The molecule has 1 amide bonds. The highest BCUT2D eigenvalue weighted by atomic mass is 32.2. The summed E-state index contributed by atoms with van der Waals surface area (Å²) in [6, 6.07) is 13.6. The predicted octanol–water partition coefficient (Wildman–Crippen LogP) is 4.60. The Morgan fingerprint density at radius 3 is 2.50 bits per heavy atom. The molecular weight excluding hydrogens is 400 g/mol. The van der Waals surface area contributed by atoms with E-state index in [1.54, 1.807) is 13.2 Å². The quantitative estimate of drug-likeness (QED) is 0.466. The van der Waals surface area contributed by atoms with E-state index in [1.807, 2.05) is 36.4 Å². The summed E-state index contributed by atoms with van der Waals surface area (Å²) in [6.45, 7) is 5.16. The van der Waals surface area contributed by atoms with Crippen molar-refractivity contribution >= 4 is 28.9 Å². The summed E-state index contributed by atoms with van der Waals surface area (Å²) in [6.07, 6.45) is 2.79. The van der Waals surface area contributed by atoms with E-state index in [9.17, 15) is 4.79 Å². The summed E-state index contributed by atoms with van der Waals surface area (Å²) in [5.41, 5.74) is 7.60. The number of carbonyl (C=O) groups excluding carboxylic acids is 1. The van der Waals surface area contributed by atoms with Crippen molar-refractivity contribution in [3.05, 3.63) is 58.5 Å². The molecule has 0 bridgehead atoms. The monoisotopic (exact) mass is 426 g/mol. The van der Waals surface area contributed by atoms with Crippen LogP contribution in [0.1, 0.15) is 37.3 Å². The summed E-state index contributed by atoms with van der Waals surface area (Å²) < 4.78 is 17.2. The van der Waals surface area contributed by atoms with Gasteiger partial charge in [-0.15, -0.1) is 0 Å². The fourth-order valence-electron chi connectivity index (χ4n) is 3.01. The fraction of sp³-hybridized carbons (Fsp3) is 0.304. The van der Waals surface area contributed by atoms with Gasteiger partial charge >= 0.3 is 0 Å². The molecule has 1 aliphatic rings. The predicted molar refractivity (Wildman–Crippen MR) is 121 cm³/mol. The Morgan fingerprint density at radius 1 is 1.10 bits per heavy atom. The summed E-state index contributed by atoms with van der Waals surface area (Å²) in [7, 11) is 1.58. The SMILES string of the molecule is CC[C@@H](C)c1ccccc1OCCOc1ccc(/C=C2/SC(N)=NC2=O)cc1OC. The molecule has 0 aromatic heterocycles. The summed E-state index contributed by atoms with van der Waals surface area (Å²) in [4.78, 5) is 15.9. The van der Waals surface area contributed by atoms with Crippen LogP contribution in [0.15, 0.2) is 52.4 Å². The Hall–Kier alpha value is -2.93. The number of nitrogens with two attached hydrogens (primary N) is 1. The first-order valence-electron chi connectivity index (χ1n) is 9.82. The van der Waals surface area contributed by atoms with E-state index in [2.05, 4.69) is 24.9 Å². The van der Waals surface area contributed by atoms with E-state index >= 15 is 0 Å². The summed E-state index contributed by atoms with van der Waals surface area (Å²) >= 11 is 1.16. The van der Waals surface area contributed by atoms with Gasteiger partial charge in [-0.25, -0.2) is 0 Å². The largest absolute Gasteiger partial charge is 0.493 e. The molecule has 0 spiro atoms. The lowest BCUT2D eigenvalue weighted by atomic mass is 9.98. The van der Waals surface area contributed by atoms with Crippen LogP contribution in [-0.4, -0.2) is 31.4 Å². The molecule has 3 rings (SSSR count). The Labute approximate surface area is 181 Å². The van der Waals surface area contributed by atoms with Gasteiger partial charge in [0.2, 0.25) is 0 Å². The molecule has 0 saturated heterocycles. The van der Waals surface area contributed by atoms with Gasteiger partial charge in [0.1, 0.15) is 19.0 Å². The van der Waals surface area contributed by atoms with Crippen LogP contribution in [0.4, 0.5) is 0 Å². The van der Waals surface area contributed by atoms with Crippen molar-refractivity contribution in [2.45, 2.75) is 26.2 Å². The Kier molecular flexibility index (Phi) is 7.41. The number of thioether (sulfide) groups is 1. The number of rotatable bonds is 9. The number of amides is 1. The second-order valence-corrected chi connectivity index (χ2v) is 7.88. The minimum absolute atomic E-state index is 0.257. The number of para-hydroxylation sites is 1. The maximum atomic E-state index is 11.8. The van der Waals surface area contributed by atoms with Crippen molar-refractivity contribution in [1.82, 2.24) is 0 Å². The zero-order valence-electron chi connectivity index (χ0n) is 17.4. The molecule has 158 valence electrons. The van der Waals surface area contributed by atoms with Crippen LogP contribution in [0.5, 0.6) is 17.2 Å². The number of hydrogen-bond donors (Lipinski definition) is 1. The van der Waals surface area contributed by atoms with Gasteiger partial charge in [0.05, 0.1) is 12.0 Å². The third-order valence-electron chi connectivity index (χ3n) is 4.78. The van der Waals surface area contributed by atoms with E-state index in [4.69, 9.17) is 19.9 Å². The van der Waals surface area contributed by atoms with Gasteiger partial charge in [-0.1, -0.05) is 38.1 Å². The molecule has 1 aliphatic heterocycles. The first-order chi connectivity index (χ1) is 14.5. The van der Waals surface area contributed by atoms with Gasteiger partial charge in [-0.05, 0) is 59.5 Å². The highest BCUT2D eigenvalue weighted by Crippen LogP contribution is 2.32. The molecule has 2 N–H and O–H groups in total. The van der Waals surface area contributed by atoms with E-state index in [0.29, 0.717) is 35.5 Å². The average molecular weight is 427 g/mol. The van der Waals surface area contributed by atoms with Crippen molar-refractivity contribution in [3.63, 3.8) is 0 Å². The van der Waals surface area contributed by atoms with Crippen LogP contribution >= 0.6 is 11.8 Å². The van der Waals surface area contributed by atoms with Crippen LogP contribution in [0.25, 0.3) is 6.08 Å². The normalized spacial score (nSPS) is 15.8. The lowest BCUT2D eigenvalue weighted by Crippen LogP contribution is -2.11. The number of carbonyl (C=O) groups is 1. The first-order valence-corrected chi connectivity index (χ1v) is 10.6. The Bertz CT molecular complexity index is 971. The zero-order chi connectivity index (χ0) is 21.5. The molecule has 0 unspecified atom stereocenters. The Balaban J connectivity index is 1.60. The van der Waals surface area contributed by atoms with Gasteiger partial charge in [0.15, 0.2) is 16.7 Å². The van der Waals surface area contributed by atoms with Gasteiger partial charge in [0, 0.05) is 0 Å². The van der Waals surface area contributed by atoms with Gasteiger partial charge in [-0.2, -0.15) is 4.99 Å². The van der Waals surface area contributed by atoms with Crippen LogP contribution in [0, 0.1) is 0 Å². The highest BCUT2D eigenvalue weighted by molar-refractivity contribution is 8.18. The standard InChI is InChI=1S/C23H26N2O4S/c1-4-15(2)17-7-5-6-8-18(17)28-11-12-29-19-10-9-16(13-20(19)27-3)14-21-22(26)25-23(24)30-21/h5-10,13-15H,4,11-12H2,1-3H3,(H2,24,25,26)/b21-14+/t15-/m1/s1. The molecule has 0 fully saturated rings. The smallest absolute Gasteiger partial charge is 0.286 e. The van der Waals surface area contributed by atoms with E-state index < -0.39 is 0 Å². The molecule has 2 aromatic rings. The van der Waals surface area contributed by atoms with Crippen molar-refractivity contribution in [1.29, 1.82) is 0 Å². The molecule has 0 aliphatic carbocycles. The molecule has 0 saturated carbocycles. The maximum Gasteiger partial charge on any atom is 0.286 e. The molecule has 7 heteroatoms. The van der Waals surface area contributed by atoms with Crippen molar-refractivity contribution < 1.29 is 19.0 Å². The number of methoxy groups -OCH3 is 1. The molecule has 2 aromatic carbocycles.